The van der Waals surface area contributed by atoms with Gasteiger partial charge in [-0.15, -0.1) is 0 Å². The highest BCUT2D eigenvalue weighted by Crippen LogP contribution is 2.39. The number of rotatable bonds is 5. The summed E-state index contributed by atoms with van der Waals surface area (Å²) in [5, 5.41) is 9.60. The molecule has 0 aromatic rings. The second-order valence-electron chi connectivity index (χ2n) is 7.77. The first kappa shape index (κ1) is 17.3. The maximum atomic E-state index is 12.7. The van der Waals surface area contributed by atoms with E-state index in [0.717, 1.165) is 6.42 Å². The second kappa shape index (κ2) is 7.01. The molecule has 1 saturated heterocycles. The van der Waals surface area contributed by atoms with Crippen LogP contribution in [0.3, 0.4) is 0 Å². The summed E-state index contributed by atoms with van der Waals surface area (Å²) in [7, 11) is 0. The molecule has 2 atom stereocenters. The fourth-order valence-corrected chi connectivity index (χ4v) is 4.25. The van der Waals surface area contributed by atoms with E-state index in [9.17, 15) is 14.7 Å². The van der Waals surface area contributed by atoms with Crippen molar-refractivity contribution in [3.05, 3.63) is 0 Å². The van der Waals surface area contributed by atoms with E-state index in [1.165, 1.54) is 32.1 Å². The van der Waals surface area contributed by atoms with E-state index < -0.39 is 11.4 Å². The first-order chi connectivity index (χ1) is 10.4. The van der Waals surface area contributed by atoms with Gasteiger partial charge in [-0.3, -0.25) is 9.59 Å². The number of aliphatic carboxylic acids is 1. The number of hydrogen-bond acceptors (Lipinski definition) is 2. The summed E-state index contributed by atoms with van der Waals surface area (Å²) in [6, 6.07) is 0. The van der Waals surface area contributed by atoms with Gasteiger partial charge in [0.1, 0.15) is 0 Å². The van der Waals surface area contributed by atoms with Gasteiger partial charge in [-0.1, -0.05) is 52.9 Å². The van der Waals surface area contributed by atoms with Crippen molar-refractivity contribution in [2.45, 2.75) is 65.7 Å². The van der Waals surface area contributed by atoms with E-state index in [4.69, 9.17) is 0 Å². The van der Waals surface area contributed by atoms with Crippen molar-refractivity contribution in [1.29, 1.82) is 0 Å². The second-order valence-corrected chi connectivity index (χ2v) is 7.77. The normalized spacial score (nSPS) is 28.1. The predicted octanol–water partition coefficient (Wildman–Crippen LogP) is 3.55. The minimum absolute atomic E-state index is 0.0276. The van der Waals surface area contributed by atoms with Crippen molar-refractivity contribution < 1.29 is 14.7 Å². The molecule has 1 aliphatic carbocycles. The molecule has 1 saturated carbocycles. The lowest BCUT2D eigenvalue weighted by atomic mass is 9.76. The zero-order chi connectivity index (χ0) is 16.3. The van der Waals surface area contributed by atoms with Gasteiger partial charge in [-0.05, 0) is 24.7 Å². The Morgan fingerprint density at radius 1 is 1.18 bits per heavy atom. The summed E-state index contributed by atoms with van der Waals surface area (Å²) in [4.78, 5) is 26.2. The van der Waals surface area contributed by atoms with Crippen LogP contribution in [0, 0.1) is 23.2 Å². The third-order valence-corrected chi connectivity index (χ3v) is 5.98. The van der Waals surface area contributed by atoms with E-state index in [0.29, 0.717) is 25.4 Å². The molecular weight excluding hydrogens is 278 g/mol. The maximum Gasteiger partial charge on any atom is 0.311 e. The van der Waals surface area contributed by atoms with Crippen LogP contribution in [0.15, 0.2) is 0 Å². The van der Waals surface area contributed by atoms with E-state index >= 15 is 0 Å². The molecule has 4 nitrogen and oxygen atoms in total. The van der Waals surface area contributed by atoms with Crippen LogP contribution in [0.5, 0.6) is 0 Å². The zero-order valence-electron chi connectivity index (χ0n) is 14.3. The Labute approximate surface area is 134 Å². The molecule has 22 heavy (non-hydrogen) atoms. The Morgan fingerprint density at radius 2 is 1.82 bits per heavy atom. The van der Waals surface area contributed by atoms with Gasteiger partial charge < -0.3 is 10.0 Å². The highest BCUT2D eigenvalue weighted by molar-refractivity contribution is 5.82. The van der Waals surface area contributed by atoms with Gasteiger partial charge in [0.15, 0.2) is 0 Å². The molecule has 4 heteroatoms. The average Bonchev–Trinajstić information content (AvgIpc) is 2.94. The molecule has 0 aromatic heterocycles. The minimum atomic E-state index is -0.752. The first-order valence-electron chi connectivity index (χ1n) is 8.89. The van der Waals surface area contributed by atoms with Gasteiger partial charge in [0.05, 0.1) is 5.41 Å². The smallest absolute Gasteiger partial charge is 0.311 e. The van der Waals surface area contributed by atoms with Gasteiger partial charge >= 0.3 is 5.97 Å². The molecule has 1 N–H and O–H groups in total. The molecular formula is C18H31NO3. The van der Waals surface area contributed by atoms with Gasteiger partial charge in [-0.25, -0.2) is 0 Å². The Bertz CT molecular complexity index is 415. The third kappa shape index (κ3) is 3.47. The monoisotopic (exact) mass is 309 g/mol. The fourth-order valence-electron chi connectivity index (χ4n) is 4.25. The minimum Gasteiger partial charge on any atom is -0.481 e. The Kier molecular flexibility index (Phi) is 5.51. The van der Waals surface area contributed by atoms with Crippen LogP contribution in [-0.4, -0.2) is 35.0 Å². The highest BCUT2D eigenvalue weighted by atomic mass is 16.4. The third-order valence-electron chi connectivity index (χ3n) is 5.98. The summed E-state index contributed by atoms with van der Waals surface area (Å²) in [6.45, 7) is 6.90. The zero-order valence-corrected chi connectivity index (χ0v) is 14.3. The van der Waals surface area contributed by atoms with Crippen LogP contribution in [0.4, 0.5) is 0 Å². The molecule has 0 aromatic carbocycles. The molecule has 1 heterocycles. The van der Waals surface area contributed by atoms with Gasteiger partial charge in [0, 0.05) is 19.0 Å². The lowest BCUT2D eigenvalue weighted by molar-refractivity contribution is -0.151. The molecule has 1 aliphatic heterocycles. The van der Waals surface area contributed by atoms with Crippen LogP contribution in [-0.2, 0) is 9.59 Å². The topological polar surface area (TPSA) is 57.6 Å². The SMILES string of the molecule is CC(CC1CCCCC1)C(=O)N1CCC(C(=O)O)(C(C)C)C1. The van der Waals surface area contributed by atoms with Crippen molar-refractivity contribution >= 4 is 11.9 Å². The van der Waals surface area contributed by atoms with Crippen LogP contribution in [0.25, 0.3) is 0 Å². The number of carbonyl (C=O) groups excluding carboxylic acids is 1. The van der Waals surface area contributed by atoms with Crippen molar-refractivity contribution in [3.63, 3.8) is 0 Å². The highest BCUT2D eigenvalue weighted by Gasteiger charge is 2.48. The Hall–Kier alpha value is -1.06. The number of likely N-dealkylation sites (tertiary alicyclic amines) is 1. The summed E-state index contributed by atoms with van der Waals surface area (Å²) in [6.07, 6.45) is 7.99. The number of carboxylic acids is 1. The van der Waals surface area contributed by atoms with Crippen molar-refractivity contribution in [2.24, 2.45) is 23.2 Å². The molecule has 126 valence electrons. The van der Waals surface area contributed by atoms with E-state index in [2.05, 4.69) is 0 Å². The van der Waals surface area contributed by atoms with Gasteiger partial charge in [-0.2, -0.15) is 0 Å². The van der Waals surface area contributed by atoms with Crippen molar-refractivity contribution in [1.82, 2.24) is 4.90 Å². The van der Waals surface area contributed by atoms with Gasteiger partial charge in [0.25, 0.3) is 0 Å². The standard InChI is InChI=1S/C18H31NO3/c1-13(2)18(17(21)22)9-10-19(12-18)16(20)14(3)11-15-7-5-4-6-8-15/h13-15H,4-12H2,1-3H3,(H,21,22). The average molecular weight is 309 g/mol. The molecule has 2 rings (SSSR count). The van der Waals surface area contributed by atoms with Gasteiger partial charge in [0.2, 0.25) is 5.91 Å². The lowest BCUT2D eigenvalue weighted by Crippen LogP contribution is -2.42. The number of amides is 1. The largest absolute Gasteiger partial charge is 0.481 e. The molecule has 1 amide bonds. The lowest BCUT2D eigenvalue weighted by Gasteiger charge is -2.30. The quantitative estimate of drug-likeness (QED) is 0.845. The van der Waals surface area contributed by atoms with Crippen molar-refractivity contribution in [2.75, 3.05) is 13.1 Å². The summed E-state index contributed by atoms with van der Waals surface area (Å²) >= 11 is 0. The number of carbonyl (C=O) groups is 2. The molecule has 2 fully saturated rings. The number of carboxylic acid groups (broad SMARTS) is 1. The molecule has 0 radical (unpaired) electrons. The summed E-state index contributed by atoms with van der Waals surface area (Å²) in [5.41, 5.74) is -0.750. The van der Waals surface area contributed by atoms with Crippen LogP contribution in [0.2, 0.25) is 0 Å². The molecule has 0 bridgehead atoms. The fraction of sp³-hybridized carbons (Fsp3) is 0.889. The Morgan fingerprint density at radius 3 is 2.32 bits per heavy atom. The predicted molar refractivity (Wildman–Crippen MR) is 86.5 cm³/mol. The van der Waals surface area contributed by atoms with Crippen LogP contribution >= 0.6 is 0 Å². The maximum absolute atomic E-state index is 12.7. The molecule has 2 aliphatic rings. The number of nitrogens with zero attached hydrogens (tertiary/aromatic N) is 1. The van der Waals surface area contributed by atoms with Crippen LogP contribution < -0.4 is 0 Å². The van der Waals surface area contributed by atoms with E-state index in [-0.39, 0.29) is 17.7 Å². The van der Waals surface area contributed by atoms with Crippen LogP contribution in [0.1, 0.15) is 65.7 Å². The summed E-state index contributed by atoms with van der Waals surface area (Å²) < 4.78 is 0. The van der Waals surface area contributed by atoms with E-state index in [1.807, 2.05) is 25.7 Å². The first-order valence-corrected chi connectivity index (χ1v) is 8.89. The molecule has 0 spiro atoms. The number of hydrogen-bond donors (Lipinski definition) is 1. The van der Waals surface area contributed by atoms with E-state index in [1.54, 1.807) is 0 Å². The molecule has 2 unspecified atom stereocenters. The van der Waals surface area contributed by atoms with Crippen molar-refractivity contribution in [3.8, 4) is 0 Å². The Balaban J connectivity index is 1.94. The summed E-state index contributed by atoms with van der Waals surface area (Å²) in [5.74, 6) is 0.174.